The molecule has 0 spiro atoms. The van der Waals surface area contributed by atoms with Gasteiger partial charge in [-0.3, -0.25) is 0 Å². The Bertz CT molecular complexity index is 908. The van der Waals surface area contributed by atoms with Gasteiger partial charge in [0.2, 0.25) is 17.5 Å². The van der Waals surface area contributed by atoms with Crippen molar-refractivity contribution in [1.82, 2.24) is 4.98 Å². The Balaban J connectivity index is 1.77. The number of halogens is 1. The predicted molar refractivity (Wildman–Crippen MR) is 95.0 cm³/mol. The number of aromatic nitrogens is 1. The number of anilines is 1. The molecule has 2 aromatic carbocycles. The van der Waals surface area contributed by atoms with Gasteiger partial charge in [0.05, 0.1) is 6.04 Å². The molecule has 124 valence electrons. The first-order valence-corrected chi connectivity index (χ1v) is 7.82. The third-order valence-electron chi connectivity index (χ3n) is 3.69. The van der Waals surface area contributed by atoms with Gasteiger partial charge in [-0.25, -0.2) is 4.39 Å². The van der Waals surface area contributed by atoms with Crippen molar-refractivity contribution in [3.8, 4) is 6.07 Å². The molecule has 0 fully saturated rings. The maximum absolute atomic E-state index is 12.9. The van der Waals surface area contributed by atoms with Gasteiger partial charge in [-0.1, -0.05) is 42.5 Å². The second kappa shape index (κ2) is 7.45. The molecule has 0 aliphatic carbocycles. The number of rotatable bonds is 5. The molecule has 3 aromatic rings. The zero-order chi connectivity index (χ0) is 17.6. The molecule has 5 heteroatoms. The maximum atomic E-state index is 12.9. The standard InChI is InChI=1S/C20H16FN3O/c1-14(16-5-3-2-4-6-16)23-20-18(13-22)24-19(25-20)12-9-15-7-10-17(21)11-8-15/h2-12,14,23H,1H3/b12-9+/t14-/m1/s1. The van der Waals surface area contributed by atoms with Crippen LogP contribution in [0.5, 0.6) is 0 Å². The van der Waals surface area contributed by atoms with Crippen molar-refractivity contribution in [2.45, 2.75) is 13.0 Å². The molecule has 0 saturated heterocycles. The monoisotopic (exact) mass is 333 g/mol. The van der Waals surface area contributed by atoms with Gasteiger partial charge in [0.25, 0.3) is 0 Å². The van der Waals surface area contributed by atoms with E-state index < -0.39 is 0 Å². The summed E-state index contributed by atoms with van der Waals surface area (Å²) in [4.78, 5) is 4.16. The van der Waals surface area contributed by atoms with Crippen molar-refractivity contribution in [1.29, 1.82) is 5.26 Å². The highest BCUT2D eigenvalue weighted by molar-refractivity contribution is 5.67. The Labute approximate surface area is 145 Å². The second-order valence-electron chi connectivity index (χ2n) is 5.50. The summed E-state index contributed by atoms with van der Waals surface area (Å²) in [5, 5.41) is 12.4. The average molecular weight is 333 g/mol. The lowest BCUT2D eigenvalue weighted by atomic mass is 10.1. The molecule has 1 atom stereocenters. The van der Waals surface area contributed by atoms with E-state index in [9.17, 15) is 9.65 Å². The van der Waals surface area contributed by atoms with Crippen molar-refractivity contribution >= 4 is 18.0 Å². The zero-order valence-corrected chi connectivity index (χ0v) is 13.6. The lowest BCUT2D eigenvalue weighted by Crippen LogP contribution is -2.06. The highest BCUT2D eigenvalue weighted by Gasteiger charge is 2.14. The van der Waals surface area contributed by atoms with Crippen LogP contribution in [0.4, 0.5) is 10.3 Å². The molecule has 0 saturated carbocycles. The largest absolute Gasteiger partial charge is 0.420 e. The highest BCUT2D eigenvalue weighted by Crippen LogP contribution is 2.24. The number of hydrogen-bond acceptors (Lipinski definition) is 4. The molecule has 1 aromatic heterocycles. The van der Waals surface area contributed by atoms with E-state index >= 15 is 0 Å². The van der Waals surface area contributed by atoms with Gasteiger partial charge in [-0.2, -0.15) is 10.2 Å². The van der Waals surface area contributed by atoms with E-state index in [2.05, 4.69) is 10.3 Å². The van der Waals surface area contributed by atoms with Gasteiger partial charge in [0.1, 0.15) is 11.9 Å². The van der Waals surface area contributed by atoms with E-state index in [4.69, 9.17) is 4.42 Å². The highest BCUT2D eigenvalue weighted by atomic mass is 19.1. The molecule has 0 radical (unpaired) electrons. The van der Waals surface area contributed by atoms with E-state index in [1.807, 2.05) is 43.3 Å². The second-order valence-corrected chi connectivity index (χ2v) is 5.50. The number of nitriles is 1. The van der Waals surface area contributed by atoms with Gasteiger partial charge in [-0.15, -0.1) is 0 Å². The topological polar surface area (TPSA) is 61.9 Å². The number of oxazole rings is 1. The van der Waals surface area contributed by atoms with E-state index in [-0.39, 0.29) is 17.6 Å². The molecule has 4 nitrogen and oxygen atoms in total. The lowest BCUT2D eigenvalue weighted by molar-refractivity contribution is 0.552. The van der Waals surface area contributed by atoms with Crippen LogP contribution in [0, 0.1) is 17.1 Å². The van der Waals surface area contributed by atoms with Crippen molar-refractivity contribution in [2.24, 2.45) is 0 Å². The molecule has 1 N–H and O–H groups in total. The summed E-state index contributed by atoms with van der Waals surface area (Å²) in [6, 6.07) is 17.9. The summed E-state index contributed by atoms with van der Waals surface area (Å²) in [5.41, 5.74) is 2.08. The van der Waals surface area contributed by atoms with Gasteiger partial charge in [0, 0.05) is 6.08 Å². The first kappa shape index (κ1) is 16.5. The zero-order valence-electron chi connectivity index (χ0n) is 13.6. The number of hydrogen-bond donors (Lipinski definition) is 1. The van der Waals surface area contributed by atoms with Gasteiger partial charge >= 0.3 is 0 Å². The molecule has 0 unspecified atom stereocenters. The number of benzene rings is 2. The van der Waals surface area contributed by atoms with Crippen LogP contribution in [0.2, 0.25) is 0 Å². The Hall–Kier alpha value is -3.39. The van der Waals surface area contributed by atoms with E-state index in [0.717, 1.165) is 11.1 Å². The molecule has 25 heavy (non-hydrogen) atoms. The Morgan fingerprint density at radius 2 is 1.84 bits per heavy atom. The minimum absolute atomic E-state index is 0.0322. The minimum Gasteiger partial charge on any atom is -0.420 e. The predicted octanol–water partition coefficient (Wildman–Crippen LogP) is 5.03. The quantitative estimate of drug-likeness (QED) is 0.711. The number of nitrogens with one attached hydrogen (secondary N) is 1. The summed E-state index contributed by atoms with van der Waals surface area (Å²) in [6.07, 6.45) is 3.39. The van der Waals surface area contributed by atoms with Gasteiger partial charge < -0.3 is 9.73 Å². The van der Waals surface area contributed by atoms with Crippen molar-refractivity contribution in [2.75, 3.05) is 5.32 Å². The van der Waals surface area contributed by atoms with Gasteiger partial charge in [-0.05, 0) is 36.3 Å². The first-order valence-electron chi connectivity index (χ1n) is 7.82. The van der Waals surface area contributed by atoms with Gasteiger partial charge in [0.15, 0.2) is 0 Å². The minimum atomic E-state index is -0.290. The first-order chi connectivity index (χ1) is 12.2. The molecular weight excluding hydrogens is 317 g/mol. The fourth-order valence-corrected chi connectivity index (χ4v) is 2.34. The molecule has 0 amide bonds. The molecular formula is C20H16FN3O. The molecule has 0 bridgehead atoms. The Morgan fingerprint density at radius 3 is 2.52 bits per heavy atom. The van der Waals surface area contributed by atoms with Crippen LogP contribution in [0.15, 0.2) is 59.0 Å². The van der Waals surface area contributed by atoms with Crippen LogP contribution >= 0.6 is 0 Å². The van der Waals surface area contributed by atoms with Crippen LogP contribution in [0.3, 0.4) is 0 Å². The number of nitrogens with zero attached hydrogens (tertiary/aromatic N) is 2. The summed E-state index contributed by atoms with van der Waals surface area (Å²) < 4.78 is 18.6. The van der Waals surface area contributed by atoms with Crippen molar-refractivity contribution < 1.29 is 8.81 Å². The molecule has 0 aliphatic rings. The lowest BCUT2D eigenvalue weighted by Gasteiger charge is -2.12. The third-order valence-corrected chi connectivity index (χ3v) is 3.69. The van der Waals surface area contributed by atoms with Crippen LogP contribution in [-0.4, -0.2) is 4.98 Å². The molecule has 3 rings (SSSR count). The fraction of sp³-hybridized carbons (Fsp3) is 0.100. The Morgan fingerprint density at radius 1 is 1.12 bits per heavy atom. The van der Waals surface area contributed by atoms with Crippen LogP contribution < -0.4 is 5.32 Å². The average Bonchev–Trinajstić information content (AvgIpc) is 3.04. The van der Waals surface area contributed by atoms with E-state index in [1.54, 1.807) is 24.3 Å². The summed E-state index contributed by atoms with van der Waals surface area (Å²) >= 11 is 0. The summed E-state index contributed by atoms with van der Waals surface area (Å²) in [6.45, 7) is 1.98. The third kappa shape index (κ3) is 4.12. The maximum Gasteiger partial charge on any atom is 0.233 e. The molecule has 0 aliphatic heterocycles. The SMILES string of the molecule is C[C@@H](Nc1oc(/C=C/c2ccc(F)cc2)nc1C#N)c1ccccc1. The van der Waals surface area contributed by atoms with Crippen LogP contribution in [-0.2, 0) is 0 Å². The van der Waals surface area contributed by atoms with Crippen molar-refractivity contribution in [3.05, 3.63) is 83.1 Å². The smallest absolute Gasteiger partial charge is 0.233 e. The summed E-state index contributed by atoms with van der Waals surface area (Å²) in [5.74, 6) is 0.350. The van der Waals surface area contributed by atoms with E-state index in [0.29, 0.717) is 11.8 Å². The van der Waals surface area contributed by atoms with Crippen molar-refractivity contribution in [3.63, 3.8) is 0 Å². The molecule has 1 heterocycles. The van der Waals surface area contributed by atoms with Crippen LogP contribution in [0.1, 0.15) is 35.7 Å². The summed E-state index contributed by atoms with van der Waals surface area (Å²) in [7, 11) is 0. The van der Waals surface area contributed by atoms with Crippen LogP contribution in [0.25, 0.3) is 12.2 Å². The normalized spacial score (nSPS) is 12.0. The van der Waals surface area contributed by atoms with E-state index in [1.165, 1.54) is 12.1 Å². The fourth-order valence-electron chi connectivity index (χ4n) is 2.34. The Kier molecular flexibility index (Phi) is 4.91.